The molecule has 1 aromatic rings. The lowest BCUT2D eigenvalue weighted by Gasteiger charge is -2.22. The van der Waals surface area contributed by atoms with Crippen molar-refractivity contribution in [2.45, 2.75) is 52.7 Å². The van der Waals surface area contributed by atoms with Crippen molar-refractivity contribution in [3.8, 4) is 5.75 Å². The van der Waals surface area contributed by atoms with E-state index in [1.807, 2.05) is 0 Å². The number of carbonyl (C=O) groups excluding carboxylic acids is 1. The summed E-state index contributed by atoms with van der Waals surface area (Å²) in [6, 6.07) is 5.47. The number of aliphatic carboxylic acids is 1. The molecule has 24 heavy (non-hydrogen) atoms. The van der Waals surface area contributed by atoms with Crippen LogP contribution in [-0.2, 0) is 9.53 Å². The highest BCUT2D eigenvalue weighted by atomic mass is 16.6. The monoisotopic (exact) mass is 337 g/mol. The van der Waals surface area contributed by atoms with Crippen molar-refractivity contribution in [1.29, 1.82) is 0 Å². The molecular weight excluding hydrogens is 310 g/mol. The van der Waals surface area contributed by atoms with Gasteiger partial charge >= 0.3 is 12.1 Å². The van der Waals surface area contributed by atoms with E-state index in [9.17, 15) is 14.7 Å². The van der Waals surface area contributed by atoms with Gasteiger partial charge in [-0.25, -0.2) is 9.59 Å². The molecule has 6 heteroatoms. The van der Waals surface area contributed by atoms with Gasteiger partial charge in [0.15, 0.2) is 6.04 Å². The van der Waals surface area contributed by atoms with Gasteiger partial charge in [0.25, 0.3) is 0 Å². The number of hydrogen-bond donors (Lipinski definition) is 2. The van der Waals surface area contributed by atoms with Crippen LogP contribution in [0.15, 0.2) is 24.3 Å². The van der Waals surface area contributed by atoms with E-state index in [1.54, 1.807) is 45.0 Å². The van der Waals surface area contributed by atoms with E-state index in [2.05, 4.69) is 19.2 Å². The van der Waals surface area contributed by atoms with Gasteiger partial charge in [-0.2, -0.15) is 0 Å². The molecule has 0 aliphatic heterocycles. The molecule has 1 rings (SSSR count). The third kappa shape index (κ3) is 6.89. The Morgan fingerprint density at radius 3 is 2.25 bits per heavy atom. The van der Waals surface area contributed by atoms with Gasteiger partial charge in [0.2, 0.25) is 0 Å². The SMILES string of the molecule is CCC(C)COc1ccc(C(NC(=O)OC(C)(C)C)C(=O)O)cc1. The predicted molar refractivity (Wildman–Crippen MR) is 91.1 cm³/mol. The van der Waals surface area contributed by atoms with Crippen molar-refractivity contribution >= 4 is 12.1 Å². The first kappa shape index (κ1) is 19.8. The summed E-state index contributed by atoms with van der Waals surface area (Å²) in [6.07, 6.45) is 0.255. The second-order valence-electron chi connectivity index (χ2n) is 6.81. The molecule has 2 atom stereocenters. The maximum Gasteiger partial charge on any atom is 0.408 e. The van der Waals surface area contributed by atoms with Gasteiger partial charge in [-0.3, -0.25) is 0 Å². The Balaban J connectivity index is 2.75. The molecule has 0 saturated carbocycles. The Bertz CT molecular complexity index is 548. The second-order valence-corrected chi connectivity index (χ2v) is 6.81. The highest BCUT2D eigenvalue weighted by molar-refractivity contribution is 5.81. The Kier molecular flexibility index (Phi) is 7.07. The Hall–Kier alpha value is -2.24. The highest BCUT2D eigenvalue weighted by Crippen LogP contribution is 2.20. The first-order valence-electron chi connectivity index (χ1n) is 8.07. The van der Waals surface area contributed by atoms with E-state index >= 15 is 0 Å². The van der Waals surface area contributed by atoms with Crippen molar-refractivity contribution in [2.75, 3.05) is 6.61 Å². The maximum atomic E-state index is 11.8. The average Bonchev–Trinajstić information content (AvgIpc) is 2.49. The summed E-state index contributed by atoms with van der Waals surface area (Å²) in [7, 11) is 0. The number of alkyl carbamates (subject to hydrolysis) is 1. The first-order chi connectivity index (χ1) is 11.1. The lowest BCUT2D eigenvalue weighted by molar-refractivity contribution is -0.139. The topological polar surface area (TPSA) is 84.9 Å². The summed E-state index contributed by atoms with van der Waals surface area (Å²) in [4.78, 5) is 23.2. The number of nitrogens with one attached hydrogen (secondary N) is 1. The molecule has 0 aliphatic rings. The minimum atomic E-state index is -1.18. The smallest absolute Gasteiger partial charge is 0.408 e. The summed E-state index contributed by atoms with van der Waals surface area (Å²) >= 11 is 0. The Morgan fingerprint density at radius 2 is 1.79 bits per heavy atom. The molecule has 6 nitrogen and oxygen atoms in total. The van der Waals surface area contributed by atoms with Crippen LogP contribution >= 0.6 is 0 Å². The number of rotatable bonds is 7. The van der Waals surface area contributed by atoms with Crippen LogP contribution in [0.5, 0.6) is 5.75 Å². The van der Waals surface area contributed by atoms with Gasteiger partial charge in [0.1, 0.15) is 11.4 Å². The van der Waals surface area contributed by atoms with Gasteiger partial charge < -0.3 is 19.9 Å². The Labute approximate surface area is 143 Å². The number of carbonyl (C=O) groups is 2. The first-order valence-corrected chi connectivity index (χ1v) is 8.07. The van der Waals surface area contributed by atoms with E-state index < -0.39 is 23.7 Å². The van der Waals surface area contributed by atoms with Crippen LogP contribution < -0.4 is 10.1 Å². The Morgan fingerprint density at radius 1 is 1.21 bits per heavy atom. The van der Waals surface area contributed by atoms with Crippen molar-refractivity contribution in [2.24, 2.45) is 5.92 Å². The fourth-order valence-corrected chi connectivity index (χ4v) is 1.83. The number of carboxylic acids is 1. The molecule has 1 amide bonds. The van der Waals surface area contributed by atoms with Crippen LogP contribution in [0.2, 0.25) is 0 Å². The predicted octanol–water partition coefficient (Wildman–Crippen LogP) is 3.76. The van der Waals surface area contributed by atoms with Gasteiger partial charge in [-0.15, -0.1) is 0 Å². The molecule has 0 heterocycles. The standard InChI is InChI=1S/C18H27NO5/c1-6-12(2)11-23-14-9-7-13(8-10-14)15(16(20)21)19-17(22)24-18(3,4)5/h7-10,12,15H,6,11H2,1-5H3,(H,19,22)(H,20,21). The number of amides is 1. The fourth-order valence-electron chi connectivity index (χ4n) is 1.83. The zero-order valence-electron chi connectivity index (χ0n) is 15.0. The lowest BCUT2D eigenvalue weighted by Crippen LogP contribution is -2.38. The van der Waals surface area contributed by atoms with E-state index in [0.717, 1.165) is 6.42 Å². The maximum absolute atomic E-state index is 11.8. The molecule has 134 valence electrons. The van der Waals surface area contributed by atoms with Crippen LogP contribution in [0.4, 0.5) is 4.79 Å². The molecule has 0 spiro atoms. The van der Waals surface area contributed by atoms with Crippen molar-refractivity contribution in [3.05, 3.63) is 29.8 Å². The van der Waals surface area contributed by atoms with E-state index in [4.69, 9.17) is 9.47 Å². The van der Waals surface area contributed by atoms with Crippen molar-refractivity contribution in [1.82, 2.24) is 5.32 Å². The van der Waals surface area contributed by atoms with Crippen LogP contribution in [0.25, 0.3) is 0 Å². The molecule has 0 bridgehead atoms. The third-order valence-electron chi connectivity index (χ3n) is 3.35. The summed E-state index contributed by atoms with van der Waals surface area (Å²) in [5, 5.41) is 11.7. The van der Waals surface area contributed by atoms with E-state index in [-0.39, 0.29) is 0 Å². The zero-order chi connectivity index (χ0) is 18.3. The average molecular weight is 337 g/mol. The van der Waals surface area contributed by atoms with Crippen LogP contribution in [0.3, 0.4) is 0 Å². The highest BCUT2D eigenvalue weighted by Gasteiger charge is 2.25. The zero-order valence-corrected chi connectivity index (χ0v) is 15.0. The molecular formula is C18H27NO5. The molecule has 0 aliphatic carbocycles. The largest absolute Gasteiger partial charge is 0.493 e. The minimum Gasteiger partial charge on any atom is -0.493 e. The summed E-state index contributed by atoms with van der Waals surface area (Å²) in [6.45, 7) is 9.94. The molecule has 1 aromatic carbocycles. The van der Waals surface area contributed by atoms with Gasteiger partial charge in [0, 0.05) is 0 Å². The summed E-state index contributed by atoms with van der Waals surface area (Å²) < 4.78 is 10.7. The number of benzene rings is 1. The molecule has 2 N–H and O–H groups in total. The molecule has 0 radical (unpaired) electrons. The molecule has 0 fully saturated rings. The number of ether oxygens (including phenoxy) is 2. The van der Waals surface area contributed by atoms with E-state index in [1.165, 1.54) is 0 Å². The molecule has 0 aromatic heterocycles. The van der Waals surface area contributed by atoms with Gasteiger partial charge in [0.05, 0.1) is 6.61 Å². The number of hydrogen-bond acceptors (Lipinski definition) is 4. The van der Waals surface area contributed by atoms with Crippen LogP contribution in [-0.4, -0.2) is 29.4 Å². The van der Waals surface area contributed by atoms with Gasteiger partial charge in [-0.05, 0) is 44.4 Å². The summed E-state index contributed by atoms with van der Waals surface area (Å²) in [5.74, 6) is -0.0418. The van der Waals surface area contributed by atoms with Crippen LogP contribution in [0.1, 0.15) is 52.6 Å². The number of carboxylic acid groups (broad SMARTS) is 1. The molecule has 0 saturated heterocycles. The van der Waals surface area contributed by atoms with Crippen molar-refractivity contribution in [3.63, 3.8) is 0 Å². The van der Waals surface area contributed by atoms with E-state index in [0.29, 0.717) is 23.8 Å². The quantitative estimate of drug-likeness (QED) is 0.791. The van der Waals surface area contributed by atoms with Crippen molar-refractivity contribution < 1.29 is 24.2 Å². The van der Waals surface area contributed by atoms with Crippen LogP contribution in [0, 0.1) is 5.92 Å². The minimum absolute atomic E-state index is 0.448. The third-order valence-corrected chi connectivity index (χ3v) is 3.35. The second kappa shape index (κ2) is 8.57. The molecule has 2 unspecified atom stereocenters. The lowest BCUT2D eigenvalue weighted by atomic mass is 10.1. The fraction of sp³-hybridized carbons (Fsp3) is 0.556. The van der Waals surface area contributed by atoms with Gasteiger partial charge in [-0.1, -0.05) is 32.4 Å². The summed E-state index contributed by atoms with van der Waals surface area (Å²) in [5.41, 5.74) is -0.245. The normalized spacial score (nSPS) is 13.7.